The van der Waals surface area contributed by atoms with Crippen LogP contribution in [0.3, 0.4) is 0 Å². The van der Waals surface area contributed by atoms with Crippen LogP contribution < -0.4 is 0 Å². The molecule has 0 aliphatic rings. The molecule has 0 saturated heterocycles. The highest BCUT2D eigenvalue weighted by Gasteiger charge is 2.12. The number of para-hydroxylation sites is 1. The van der Waals surface area contributed by atoms with Crippen LogP contribution in [0.5, 0.6) is 5.75 Å². The number of fused-ring (bicyclic) bond motifs is 1. The molecule has 0 amide bonds. The first-order chi connectivity index (χ1) is 13.6. The van der Waals surface area contributed by atoms with Crippen LogP contribution in [-0.4, -0.2) is 29.8 Å². The maximum absolute atomic E-state index is 10.9. The van der Waals surface area contributed by atoms with E-state index in [9.17, 15) is 15.2 Å². The maximum Gasteiger partial charge on any atom is 0.270 e. The normalized spacial score (nSPS) is 11.3. The van der Waals surface area contributed by atoms with E-state index in [1.165, 1.54) is 24.5 Å². The van der Waals surface area contributed by atoms with Gasteiger partial charge in [0, 0.05) is 17.7 Å². The van der Waals surface area contributed by atoms with Gasteiger partial charge in [-0.3, -0.25) is 10.1 Å². The summed E-state index contributed by atoms with van der Waals surface area (Å²) in [5.41, 5.74) is 1.59. The van der Waals surface area contributed by atoms with Gasteiger partial charge >= 0.3 is 0 Å². The standard InChI is InChI=1S/C18H13N7O3/c26-16-7-6-14(25(27)28)8-12(16)9-21-23-17-15-10-22-24(18(15)20-11-19-17)13-4-2-1-3-5-13/h1-8,10-11,26H,9H2. The number of non-ortho nitro benzene ring substituents is 1. The highest BCUT2D eigenvalue weighted by atomic mass is 16.6. The molecule has 2 aromatic heterocycles. The molecule has 0 fully saturated rings. The summed E-state index contributed by atoms with van der Waals surface area (Å²) in [7, 11) is 0. The van der Waals surface area contributed by atoms with Gasteiger partial charge in [-0.15, -0.1) is 5.11 Å². The summed E-state index contributed by atoms with van der Waals surface area (Å²) in [6.45, 7) is -0.0359. The minimum Gasteiger partial charge on any atom is -0.508 e. The lowest BCUT2D eigenvalue weighted by atomic mass is 10.2. The molecular formula is C18H13N7O3. The minimum absolute atomic E-state index is 0.0359. The number of nitro groups is 1. The Morgan fingerprint density at radius 2 is 1.96 bits per heavy atom. The van der Waals surface area contributed by atoms with Crippen LogP contribution in [-0.2, 0) is 6.54 Å². The number of azo groups is 1. The van der Waals surface area contributed by atoms with Crippen LogP contribution >= 0.6 is 0 Å². The molecule has 1 N–H and O–H groups in total. The number of nitrogens with zero attached hydrogens (tertiary/aromatic N) is 7. The Morgan fingerprint density at radius 3 is 2.75 bits per heavy atom. The predicted octanol–water partition coefficient (Wildman–Crippen LogP) is 3.71. The van der Waals surface area contributed by atoms with E-state index in [-0.39, 0.29) is 18.0 Å². The quantitative estimate of drug-likeness (QED) is 0.321. The average molecular weight is 375 g/mol. The fraction of sp³-hybridized carbons (Fsp3) is 0.0556. The summed E-state index contributed by atoms with van der Waals surface area (Å²) >= 11 is 0. The smallest absolute Gasteiger partial charge is 0.270 e. The fourth-order valence-corrected chi connectivity index (χ4v) is 2.66. The third-order valence-corrected chi connectivity index (χ3v) is 4.03. The number of phenols is 1. The van der Waals surface area contributed by atoms with Gasteiger partial charge < -0.3 is 5.11 Å². The van der Waals surface area contributed by atoms with Crippen molar-refractivity contribution in [3.05, 3.63) is 76.7 Å². The third kappa shape index (κ3) is 3.26. The first-order valence-electron chi connectivity index (χ1n) is 8.21. The zero-order valence-corrected chi connectivity index (χ0v) is 14.4. The number of benzene rings is 2. The molecule has 0 bridgehead atoms. The van der Waals surface area contributed by atoms with Crippen molar-refractivity contribution in [2.45, 2.75) is 6.54 Å². The first-order valence-corrected chi connectivity index (χ1v) is 8.21. The highest BCUT2D eigenvalue weighted by molar-refractivity contribution is 5.85. The van der Waals surface area contributed by atoms with Gasteiger partial charge in [0.1, 0.15) is 12.1 Å². The molecule has 0 saturated carbocycles. The molecular weight excluding hydrogens is 362 g/mol. The molecule has 28 heavy (non-hydrogen) atoms. The molecule has 2 aromatic carbocycles. The summed E-state index contributed by atoms with van der Waals surface area (Å²) in [6.07, 6.45) is 2.96. The number of phenolic OH excluding ortho intramolecular Hbond substituents is 1. The zero-order chi connectivity index (χ0) is 19.5. The molecule has 10 nitrogen and oxygen atoms in total. The van der Waals surface area contributed by atoms with E-state index in [1.807, 2.05) is 30.3 Å². The van der Waals surface area contributed by atoms with E-state index >= 15 is 0 Å². The average Bonchev–Trinajstić information content (AvgIpc) is 3.15. The Morgan fingerprint density at radius 1 is 1.14 bits per heavy atom. The number of hydrogen-bond acceptors (Lipinski definition) is 8. The lowest BCUT2D eigenvalue weighted by Gasteiger charge is -2.02. The van der Waals surface area contributed by atoms with Gasteiger partial charge in [-0.2, -0.15) is 10.2 Å². The van der Waals surface area contributed by atoms with Gasteiger partial charge in [0.25, 0.3) is 5.69 Å². The number of aromatic nitrogens is 4. The molecule has 0 atom stereocenters. The lowest BCUT2D eigenvalue weighted by Crippen LogP contribution is -1.97. The number of hydrogen-bond donors (Lipinski definition) is 1. The summed E-state index contributed by atoms with van der Waals surface area (Å²) in [4.78, 5) is 18.7. The Labute approximate surface area is 158 Å². The molecule has 10 heteroatoms. The van der Waals surface area contributed by atoms with Crippen molar-refractivity contribution in [1.82, 2.24) is 19.7 Å². The van der Waals surface area contributed by atoms with E-state index in [1.54, 1.807) is 10.9 Å². The third-order valence-electron chi connectivity index (χ3n) is 4.03. The lowest BCUT2D eigenvalue weighted by molar-refractivity contribution is -0.384. The van der Waals surface area contributed by atoms with Gasteiger partial charge in [0.2, 0.25) is 0 Å². The topological polar surface area (TPSA) is 132 Å². The molecule has 0 aliphatic carbocycles. The second-order valence-electron chi connectivity index (χ2n) is 5.80. The largest absolute Gasteiger partial charge is 0.508 e. The van der Waals surface area contributed by atoms with Crippen LogP contribution in [0.15, 0.2) is 71.3 Å². The molecule has 4 rings (SSSR count). The van der Waals surface area contributed by atoms with Crippen molar-refractivity contribution >= 4 is 22.5 Å². The van der Waals surface area contributed by atoms with E-state index in [2.05, 4.69) is 25.3 Å². The highest BCUT2D eigenvalue weighted by Crippen LogP contribution is 2.26. The predicted molar refractivity (Wildman–Crippen MR) is 99.6 cm³/mol. The van der Waals surface area contributed by atoms with Crippen LogP contribution in [0.25, 0.3) is 16.7 Å². The fourth-order valence-electron chi connectivity index (χ4n) is 2.66. The van der Waals surface area contributed by atoms with Crippen LogP contribution in [0, 0.1) is 10.1 Å². The monoisotopic (exact) mass is 375 g/mol. The SMILES string of the molecule is O=[N+]([O-])c1ccc(O)c(CN=Nc2ncnc3c2cnn3-c2ccccc2)c1. The number of aromatic hydroxyl groups is 1. The Balaban J connectivity index is 1.63. The minimum atomic E-state index is -0.536. The summed E-state index contributed by atoms with van der Waals surface area (Å²) in [5, 5.41) is 33.8. The van der Waals surface area contributed by atoms with Crippen LogP contribution in [0.2, 0.25) is 0 Å². The summed E-state index contributed by atoms with van der Waals surface area (Å²) in [6, 6.07) is 13.3. The van der Waals surface area contributed by atoms with Gasteiger partial charge in [0.05, 0.1) is 28.7 Å². The first kappa shape index (κ1) is 17.2. The Hall–Kier alpha value is -4.21. The van der Waals surface area contributed by atoms with E-state index in [0.29, 0.717) is 22.4 Å². The van der Waals surface area contributed by atoms with Crippen molar-refractivity contribution < 1.29 is 10.0 Å². The van der Waals surface area contributed by atoms with Gasteiger partial charge in [-0.25, -0.2) is 14.6 Å². The van der Waals surface area contributed by atoms with Gasteiger partial charge in [0.15, 0.2) is 11.5 Å². The van der Waals surface area contributed by atoms with E-state index in [0.717, 1.165) is 5.69 Å². The van der Waals surface area contributed by atoms with Crippen LogP contribution in [0.1, 0.15) is 5.56 Å². The molecule has 0 spiro atoms. The van der Waals surface area contributed by atoms with Crippen molar-refractivity contribution in [3.8, 4) is 11.4 Å². The molecule has 2 heterocycles. The van der Waals surface area contributed by atoms with E-state index < -0.39 is 4.92 Å². The summed E-state index contributed by atoms with van der Waals surface area (Å²) < 4.78 is 1.67. The number of nitro benzene ring substituents is 1. The van der Waals surface area contributed by atoms with Crippen LogP contribution in [0.4, 0.5) is 11.5 Å². The van der Waals surface area contributed by atoms with Crippen molar-refractivity contribution in [1.29, 1.82) is 0 Å². The molecule has 0 radical (unpaired) electrons. The molecule has 0 aliphatic heterocycles. The number of rotatable bonds is 5. The van der Waals surface area contributed by atoms with Gasteiger partial charge in [-0.05, 0) is 18.2 Å². The molecule has 138 valence electrons. The summed E-state index contributed by atoms with van der Waals surface area (Å²) in [5.74, 6) is 0.228. The van der Waals surface area contributed by atoms with Gasteiger partial charge in [-0.1, -0.05) is 18.2 Å². The van der Waals surface area contributed by atoms with Crippen molar-refractivity contribution in [2.75, 3.05) is 0 Å². The maximum atomic E-state index is 10.9. The Bertz CT molecular complexity index is 1190. The molecule has 0 unspecified atom stereocenters. The Kier molecular flexibility index (Phi) is 4.42. The second kappa shape index (κ2) is 7.19. The second-order valence-corrected chi connectivity index (χ2v) is 5.80. The molecule has 4 aromatic rings. The van der Waals surface area contributed by atoms with Crippen molar-refractivity contribution in [3.63, 3.8) is 0 Å². The van der Waals surface area contributed by atoms with E-state index in [4.69, 9.17) is 0 Å². The van der Waals surface area contributed by atoms with Crippen molar-refractivity contribution in [2.24, 2.45) is 10.2 Å². The zero-order valence-electron chi connectivity index (χ0n) is 14.4.